The van der Waals surface area contributed by atoms with Crippen molar-refractivity contribution in [2.45, 2.75) is 26.6 Å². The maximum absolute atomic E-state index is 13.3. The molecule has 7 rings (SSSR count). The van der Waals surface area contributed by atoms with Gasteiger partial charge in [-0.3, -0.25) is 19.7 Å². The van der Waals surface area contributed by atoms with Crippen LogP contribution in [0.15, 0.2) is 115 Å². The second-order valence-electron chi connectivity index (χ2n) is 11.0. The number of aromatic nitrogens is 3. The van der Waals surface area contributed by atoms with Crippen LogP contribution in [-0.4, -0.2) is 38.4 Å². The van der Waals surface area contributed by atoms with Gasteiger partial charge in [0.15, 0.2) is 0 Å². The van der Waals surface area contributed by atoms with Crippen molar-refractivity contribution in [1.29, 1.82) is 0 Å². The number of para-hydroxylation sites is 3. The van der Waals surface area contributed by atoms with Gasteiger partial charge in [-0.25, -0.2) is 0 Å². The third kappa shape index (κ3) is 5.45. The summed E-state index contributed by atoms with van der Waals surface area (Å²) >= 11 is 0. The standard InChI is InChI=1S/C37H33N5O/c1-2-42-35-14-8-5-11-31(35)32-23-28(17-20-36(32)42)37(43)38-21-22-41(24-29-18-15-26-9-3-6-12-33(26)39-29)25-30-19-16-27-10-4-7-13-34(27)40-30/h3-20,23H,2,21-22,24-25H2,1H3,(H,38,43). The molecular formula is C37H33N5O. The first kappa shape index (κ1) is 26.8. The van der Waals surface area contributed by atoms with E-state index in [0.717, 1.165) is 50.6 Å². The molecule has 0 saturated carbocycles. The SMILES string of the molecule is CCn1c2ccccc2c2cc(C(=O)NCCN(Cc3ccc4ccccc4n3)Cc3ccc4ccccc4n3)ccc21. The molecule has 43 heavy (non-hydrogen) atoms. The van der Waals surface area contributed by atoms with E-state index in [1.54, 1.807) is 0 Å². The maximum Gasteiger partial charge on any atom is 0.251 e. The van der Waals surface area contributed by atoms with Crippen molar-refractivity contribution < 1.29 is 4.79 Å². The van der Waals surface area contributed by atoms with Gasteiger partial charge in [-0.15, -0.1) is 0 Å². The highest BCUT2D eigenvalue weighted by Crippen LogP contribution is 2.29. The molecule has 0 aliphatic carbocycles. The fourth-order valence-corrected chi connectivity index (χ4v) is 6.03. The van der Waals surface area contributed by atoms with Crippen molar-refractivity contribution in [2.24, 2.45) is 0 Å². The summed E-state index contributed by atoms with van der Waals surface area (Å²) in [6, 6.07) is 39.2. The summed E-state index contributed by atoms with van der Waals surface area (Å²) in [5.74, 6) is -0.0668. The molecule has 0 fully saturated rings. The minimum atomic E-state index is -0.0668. The average molecular weight is 564 g/mol. The van der Waals surface area contributed by atoms with E-state index in [9.17, 15) is 4.79 Å². The number of hydrogen-bond acceptors (Lipinski definition) is 4. The van der Waals surface area contributed by atoms with E-state index >= 15 is 0 Å². The zero-order valence-electron chi connectivity index (χ0n) is 24.2. The van der Waals surface area contributed by atoms with Gasteiger partial charge in [0.05, 0.1) is 22.4 Å². The van der Waals surface area contributed by atoms with Crippen LogP contribution in [0.3, 0.4) is 0 Å². The summed E-state index contributed by atoms with van der Waals surface area (Å²) < 4.78 is 2.30. The Bertz CT molecular complexity index is 2020. The average Bonchev–Trinajstić information content (AvgIpc) is 3.37. The van der Waals surface area contributed by atoms with Gasteiger partial charge in [-0.2, -0.15) is 0 Å². The fourth-order valence-electron chi connectivity index (χ4n) is 6.03. The van der Waals surface area contributed by atoms with E-state index in [1.165, 1.54) is 10.9 Å². The second-order valence-corrected chi connectivity index (χ2v) is 11.0. The predicted molar refractivity (Wildman–Crippen MR) is 175 cm³/mol. The van der Waals surface area contributed by atoms with Crippen LogP contribution in [-0.2, 0) is 19.6 Å². The number of aryl methyl sites for hydroxylation is 1. The van der Waals surface area contributed by atoms with Crippen LogP contribution in [0.5, 0.6) is 0 Å². The molecule has 6 heteroatoms. The summed E-state index contributed by atoms with van der Waals surface area (Å²) in [6.45, 7) is 5.50. The van der Waals surface area contributed by atoms with Crippen LogP contribution in [0.4, 0.5) is 0 Å². The van der Waals surface area contributed by atoms with Crippen LogP contribution < -0.4 is 5.32 Å². The molecule has 3 heterocycles. The molecule has 0 radical (unpaired) electrons. The van der Waals surface area contributed by atoms with Crippen molar-refractivity contribution >= 4 is 49.5 Å². The molecule has 1 amide bonds. The Morgan fingerprint density at radius 1 is 0.698 bits per heavy atom. The lowest BCUT2D eigenvalue weighted by Crippen LogP contribution is -2.34. The van der Waals surface area contributed by atoms with Crippen molar-refractivity contribution in [2.75, 3.05) is 13.1 Å². The van der Waals surface area contributed by atoms with Gasteiger partial charge in [0, 0.05) is 70.9 Å². The van der Waals surface area contributed by atoms with E-state index in [-0.39, 0.29) is 5.91 Å². The van der Waals surface area contributed by atoms with Crippen LogP contribution in [0.1, 0.15) is 28.7 Å². The van der Waals surface area contributed by atoms with E-state index in [0.29, 0.717) is 31.7 Å². The number of fused-ring (bicyclic) bond motifs is 5. The minimum absolute atomic E-state index is 0.0668. The Morgan fingerprint density at radius 2 is 1.30 bits per heavy atom. The molecule has 212 valence electrons. The normalized spacial score (nSPS) is 11.7. The molecule has 0 spiro atoms. The molecule has 3 aromatic heterocycles. The van der Waals surface area contributed by atoms with Crippen molar-refractivity contribution in [3.63, 3.8) is 0 Å². The quantitative estimate of drug-likeness (QED) is 0.200. The topological polar surface area (TPSA) is 63.1 Å². The van der Waals surface area contributed by atoms with Gasteiger partial charge in [-0.1, -0.05) is 66.7 Å². The molecule has 0 aliphatic rings. The first-order valence-corrected chi connectivity index (χ1v) is 14.9. The largest absolute Gasteiger partial charge is 0.351 e. The summed E-state index contributed by atoms with van der Waals surface area (Å²) in [7, 11) is 0. The molecule has 0 aliphatic heterocycles. The Labute approximate surface area is 250 Å². The Kier molecular flexibility index (Phi) is 7.27. The lowest BCUT2D eigenvalue weighted by molar-refractivity contribution is 0.0947. The van der Waals surface area contributed by atoms with E-state index in [1.807, 2.05) is 48.5 Å². The number of pyridine rings is 2. The number of nitrogens with one attached hydrogen (secondary N) is 1. The molecule has 0 unspecified atom stereocenters. The van der Waals surface area contributed by atoms with Gasteiger partial charge >= 0.3 is 0 Å². The van der Waals surface area contributed by atoms with Crippen LogP contribution in [0, 0.1) is 0 Å². The van der Waals surface area contributed by atoms with Crippen molar-refractivity contribution in [1.82, 2.24) is 24.8 Å². The predicted octanol–water partition coefficient (Wildman–Crippen LogP) is 7.34. The third-order valence-corrected chi connectivity index (χ3v) is 8.15. The van der Waals surface area contributed by atoms with Gasteiger partial charge in [0.25, 0.3) is 5.91 Å². The van der Waals surface area contributed by atoms with Crippen molar-refractivity contribution in [3.05, 3.63) is 132 Å². The summed E-state index contributed by atoms with van der Waals surface area (Å²) in [4.78, 5) is 25.4. The third-order valence-electron chi connectivity index (χ3n) is 8.15. The number of benzene rings is 4. The number of rotatable bonds is 9. The summed E-state index contributed by atoms with van der Waals surface area (Å²) in [6.07, 6.45) is 0. The monoisotopic (exact) mass is 563 g/mol. The van der Waals surface area contributed by atoms with Crippen LogP contribution >= 0.6 is 0 Å². The van der Waals surface area contributed by atoms with Gasteiger partial charge in [0.1, 0.15) is 0 Å². The second kappa shape index (κ2) is 11.7. The number of nitrogens with zero attached hydrogens (tertiary/aromatic N) is 4. The Balaban J connectivity index is 1.10. The van der Waals surface area contributed by atoms with Crippen molar-refractivity contribution in [3.8, 4) is 0 Å². The van der Waals surface area contributed by atoms with Crippen LogP contribution in [0.2, 0.25) is 0 Å². The zero-order valence-corrected chi connectivity index (χ0v) is 24.2. The minimum Gasteiger partial charge on any atom is -0.351 e. The summed E-state index contributed by atoms with van der Waals surface area (Å²) in [5, 5.41) is 7.70. The molecule has 0 saturated heterocycles. The van der Waals surface area contributed by atoms with Gasteiger partial charge in [-0.05, 0) is 55.5 Å². The smallest absolute Gasteiger partial charge is 0.251 e. The Hall–Kier alpha value is -5.07. The highest BCUT2D eigenvalue weighted by atomic mass is 16.1. The summed E-state index contributed by atoms with van der Waals surface area (Å²) in [5.41, 5.74) is 6.96. The van der Waals surface area contributed by atoms with E-state index < -0.39 is 0 Å². The first-order valence-electron chi connectivity index (χ1n) is 14.9. The molecule has 0 atom stereocenters. The van der Waals surface area contributed by atoms with E-state index in [2.05, 4.69) is 88.4 Å². The highest BCUT2D eigenvalue weighted by molar-refractivity contribution is 6.10. The van der Waals surface area contributed by atoms with E-state index in [4.69, 9.17) is 9.97 Å². The maximum atomic E-state index is 13.3. The number of amides is 1. The number of carbonyl (C=O) groups is 1. The molecule has 0 bridgehead atoms. The lowest BCUT2D eigenvalue weighted by Gasteiger charge is -2.22. The van der Waals surface area contributed by atoms with Crippen LogP contribution in [0.25, 0.3) is 43.6 Å². The Morgan fingerprint density at radius 3 is 1.98 bits per heavy atom. The number of hydrogen-bond donors (Lipinski definition) is 1. The van der Waals surface area contributed by atoms with Gasteiger partial charge < -0.3 is 9.88 Å². The van der Waals surface area contributed by atoms with Gasteiger partial charge in [0.2, 0.25) is 0 Å². The highest BCUT2D eigenvalue weighted by Gasteiger charge is 2.15. The molecule has 6 nitrogen and oxygen atoms in total. The molecular weight excluding hydrogens is 530 g/mol. The number of carbonyl (C=O) groups excluding carboxylic acids is 1. The first-order chi connectivity index (χ1) is 21.2. The molecule has 4 aromatic carbocycles. The fraction of sp³-hybridized carbons (Fsp3) is 0.162. The molecule has 1 N–H and O–H groups in total. The zero-order chi connectivity index (χ0) is 29.2. The lowest BCUT2D eigenvalue weighted by atomic mass is 10.1. The molecule has 7 aromatic rings.